The molecule has 0 saturated heterocycles. The maximum absolute atomic E-state index is 12.2. The van der Waals surface area contributed by atoms with Gasteiger partial charge >= 0.3 is 5.97 Å². The zero-order chi connectivity index (χ0) is 16.7. The minimum atomic E-state index is -0.841. The molecule has 1 aliphatic heterocycles. The molecular formula is C15H21N3O3S. The Kier molecular flexibility index (Phi) is 4.37. The Labute approximate surface area is 134 Å². The number of aryl methyl sites for hydroxylation is 1. The van der Waals surface area contributed by atoms with Gasteiger partial charge in [-0.05, 0) is 33.6 Å². The molecule has 2 heterocycles. The van der Waals surface area contributed by atoms with E-state index in [0.29, 0.717) is 16.4 Å². The lowest BCUT2D eigenvalue weighted by atomic mass is 9.89. The Morgan fingerprint density at radius 1 is 1.32 bits per heavy atom. The Morgan fingerprint density at radius 3 is 2.45 bits per heavy atom. The molecule has 0 spiro atoms. The van der Waals surface area contributed by atoms with Crippen LogP contribution in [-0.2, 0) is 9.53 Å². The summed E-state index contributed by atoms with van der Waals surface area (Å²) in [6.45, 7) is 11.0. The van der Waals surface area contributed by atoms with E-state index in [1.54, 1.807) is 27.7 Å². The van der Waals surface area contributed by atoms with Gasteiger partial charge in [0.1, 0.15) is 16.1 Å². The van der Waals surface area contributed by atoms with Crippen LogP contribution in [0.1, 0.15) is 55.0 Å². The van der Waals surface area contributed by atoms with Crippen molar-refractivity contribution < 1.29 is 14.3 Å². The van der Waals surface area contributed by atoms with Crippen molar-refractivity contribution in [3.8, 4) is 0 Å². The number of amidine groups is 1. The van der Waals surface area contributed by atoms with E-state index < -0.39 is 11.5 Å². The fraction of sp³-hybridized carbons (Fsp3) is 0.600. The van der Waals surface area contributed by atoms with Crippen LogP contribution < -0.4 is 5.32 Å². The van der Waals surface area contributed by atoms with Gasteiger partial charge < -0.3 is 10.1 Å². The first-order valence-electron chi connectivity index (χ1n) is 7.25. The van der Waals surface area contributed by atoms with E-state index in [4.69, 9.17) is 4.74 Å². The molecule has 1 unspecified atom stereocenters. The second-order valence-corrected chi connectivity index (χ2v) is 7.28. The average Bonchev–Trinajstić information content (AvgIpc) is 2.91. The first kappa shape index (κ1) is 16.6. The summed E-state index contributed by atoms with van der Waals surface area (Å²) >= 11 is 1.24. The molecule has 0 aromatic carbocycles. The molecule has 1 aliphatic rings. The fourth-order valence-corrected chi connectivity index (χ4v) is 2.84. The summed E-state index contributed by atoms with van der Waals surface area (Å²) in [6, 6.07) is 0. The Morgan fingerprint density at radius 2 is 1.95 bits per heavy atom. The molecule has 7 heteroatoms. The monoisotopic (exact) mass is 323 g/mol. The molecule has 0 fully saturated rings. The highest BCUT2D eigenvalue weighted by Crippen LogP contribution is 2.29. The summed E-state index contributed by atoms with van der Waals surface area (Å²) in [5.74, 6) is -0.228. The molecule has 0 aliphatic carbocycles. The lowest BCUT2D eigenvalue weighted by Gasteiger charge is -2.21. The zero-order valence-corrected chi connectivity index (χ0v) is 14.5. The predicted octanol–water partition coefficient (Wildman–Crippen LogP) is 2.31. The molecule has 120 valence electrons. The van der Waals surface area contributed by atoms with Gasteiger partial charge in [-0.2, -0.15) is 0 Å². The van der Waals surface area contributed by atoms with E-state index in [-0.39, 0.29) is 17.9 Å². The quantitative estimate of drug-likeness (QED) is 0.862. The van der Waals surface area contributed by atoms with Crippen LogP contribution in [0.15, 0.2) is 4.99 Å². The summed E-state index contributed by atoms with van der Waals surface area (Å²) < 4.78 is 5.24. The van der Waals surface area contributed by atoms with Crippen molar-refractivity contribution in [2.75, 3.05) is 0 Å². The lowest BCUT2D eigenvalue weighted by Crippen LogP contribution is -2.41. The number of ether oxygens (including phenoxy) is 1. The third-order valence-electron chi connectivity index (χ3n) is 3.65. The Bertz CT molecular complexity index is 648. The molecule has 0 radical (unpaired) electrons. The number of thiazole rings is 1. The van der Waals surface area contributed by atoms with Crippen LogP contribution in [0.3, 0.4) is 0 Å². The van der Waals surface area contributed by atoms with Crippen molar-refractivity contribution in [1.82, 2.24) is 10.3 Å². The molecule has 1 aromatic heterocycles. The minimum Gasteiger partial charge on any atom is -0.459 e. The fourth-order valence-electron chi connectivity index (χ4n) is 2.04. The summed E-state index contributed by atoms with van der Waals surface area (Å²) in [5, 5.41) is 3.47. The molecule has 0 saturated carbocycles. The maximum Gasteiger partial charge on any atom is 0.351 e. The van der Waals surface area contributed by atoms with Crippen LogP contribution in [-0.4, -0.2) is 34.3 Å². The molecular weight excluding hydrogens is 302 g/mol. The van der Waals surface area contributed by atoms with Gasteiger partial charge in [0, 0.05) is 0 Å². The van der Waals surface area contributed by atoms with E-state index in [2.05, 4.69) is 15.3 Å². The van der Waals surface area contributed by atoms with Crippen molar-refractivity contribution in [3.05, 3.63) is 15.6 Å². The van der Waals surface area contributed by atoms with Crippen LogP contribution in [0.25, 0.3) is 0 Å². The van der Waals surface area contributed by atoms with E-state index in [0.717, 1.165) is 5.01 Å². The van der Waals surface area contributed by atoms with Gasteiger partial charge in [0.15, 0.2) is 5.84 Å². The van der Waals surface area contributed by atoms with Crippen LogP contribution in [0.2, 0.25) is 0 Å². The zero-order valence-electron chi connectivity index (χ0n) is 13.7. The Hall–Kier alpha value is -1.76. The number of carbonyl (C=O) groups excluding carboxylic acids is 2. The molecule has 1 N–H and O–H groups in total. The van der Waals surface area contributed by atoms with Crippen molar-refractivity contribution in [1.29, 1.82) is 0 Å². The third-order valence-corrected chi connectivity index (χ3v) is 4.60. The highest BCUT2D eigenvalue weighted by Gasteiger charge is 2.43. The average molecular weight is 323 g/mol. The molecule has 1 atom stereocenters. The molecule has 22 heavy (non-hydrogen) atoms. The molecule has 0 bridgehead atoms. The van der Waals surface area contributed by atoms with Gasteiger partial charge in [-0.25, -0.2) is 14.8 Å². The van der Waals surface area contributed by atoms with Gasteiger partial charge in [0.25, 0.3) is 5.91 Å². The van der Waals surface area contributed by atoms with Crippen LogP contribution in [0.4, 0.5) is 0 Å². The Balaban J connectivity index is 2.42. The molecule has 1 amide bonds. The number of hydrogen-bond donors (Lipinski definition) is 1. The van der Waals surface area contributed by atoms with E-state index >= 15 is 0 Å². The number of nitrogens with one attached hydrogen (secondary N) is 1. The maximum atomic E-state index is 12.2. The first-order chi connectivity index (χ1) is 10.1. The van der Waals surface area contributed by atoms with Gasteiger partial charge in [0.2, 0.25) is 0 Å². The SMILES string of the molecule is Cc1nc(C2=NC(C)(C(C)C)C(=O)N2)c(C(=O)OC(C)C)s1. The highest BCUT2D eigenvalue weighted by atomic mass is 32.1. The minimum absolute atomic E-state index is 0.0378. The summed E-state index contributed by atoms with van der Waals surface area (Å²) in [7, 11) is 0. The summed E-state index contributed by atoms with van der Waals surface area (Å²) in [6.07, 6.45) is -0.219. The normalized spacial score (nSPS) is 21.3. The van der Waals surface area contributed by atoms with E-state index in [9.17, 15) is 9.59 Å². The van der Waals surface area contributed by atoms with Gasteiger partial charge in [-0.1, -0.05) is 13.8 Å². The number of nitrogens with zero attached hydrogens (tertiary/aromatic N) is 2. The molecule has 2 rings (SSSR count). The number of aromatic nitrogens is 1. The van der Waals surface area contributed by atoms with Crippen molar-refractivity contribution in [3.63, 3.8) is 0 Å². The smallest absolute Gasteiger partial charge is 0.351 e. The van der Waals surface area contributed by atoms with Gasteiger partial charge in [-0.15, -0.1) is 11.3 Å². The summed E-state index contributed by atoms with van der Waals surface area (Å²) in [4.78, 5) is 33.6. The number of carbonyl (C=O) groups is 2. The van der Waals surface area contributed by atoms with Crippen molar-refractivity contribution in [2.45, 2.75) is 53.2 Å². The third kappa shape index (κ3) is 2.90. The topological polar surface area (TPSA) is 80.7 Å². The number of amides is 1. The van der Waals surface area contributed by atoms with Gasteiger partial charge in [-0.3, -0.25) is 4.79 Å². The van der Waals surface area contributed by atoms with Crippen LogP contribution in [0, 0.1) is 12.8 Å². The molecule has 6 nitrogen and oxygen atoms in total. The molecule has 1 aromatic rings. The van der Waals surface area contributed by atoms with Gasteiger partial charge in [0.05, 0.1) is 11.1 Å². The first-order valence-corrected chi connectivity index (χ1v) is 8.07. The number of rotatable bonds is 4. The van der Waals surface area contributed by atoms with E-state index in [1.165, 1.54) is 11.3 Å². The lowest BCUT2D eigenvalue weighted by molar-refractivity contribution is -0.124. The largest absolute Gasteiger partial charge is 0.459 e. The number of hydrogen-bond acceptors (Lipinski definition) is 6. The van der Waals surface area contributed by atoms with Crippen LogP contribution in [0.5, 0.6) is 0 Å². The second-order valence-electron chi connectivity index (χ2n) is 6.08. The van der Waals surface area contributed by atoms with Crippen LogP contribution >= 0.6 is 11.3 Å². The standard InChI is InChI=1S/C15H21N3O3S/c1-7(2)15(6)14(20)17-12(18-15)10-11(22-9(5)16-10)13(19)21-8(3)4/h7-8H,1-6H3,(H,17,18,20). The second kappa shape index (κ2) is 5.79. The van der Waals surface area contributed by atoms with Crippen molar-refractivity contribution in [2.24, 2.45) is 10.9 Å². The summed E-state index contributed by atoms with van der Waals surface area (Å²) in [5.41, 5.74) is -0.447. The van der Waals surface area contributed by atoms with Crippen molar-refractivity contribution >= 4 is 29.0 Å². The predicted molar refractivity (Wildman–Crippen MR) is 85.3 cm³/mol. The number of aliphatic imine (C=N–C) groups is 1. The highest BCUT2D eigenvalue weighted by molar-refractivity contribution is 7.13. The number of esters is 1. The van der Waals surface area contributed by atoms with E-state index in [1.807, 2.05) is 13.8 Å².